The summed E-state index contributed by atoms with van der Waals surface area (Å²) in [5, 5.41) is 0. The molecule has 0 bridgehead atoms. The molecule has 1 N–H and O–H groups in total. The molecule has 4 nitrogen and oxygen atoms in total. The summed E-state index contributed by atoms with van der Waals surface area (Å²) in [5.74, 6) is 1.74. The zero-order chi connectivity index (χ0) is 12.4. The summed E-state index contributed by atoms with van der Waals surface area (Å²) in [6.07, 6.45) is 6.07. The summed E-state index contributed by atoms with van der Waals surface area (Å²) in [6, 6.07) is 2.31. The van der Waals surface area contributed by atoms with Crippen LogP contribution in [0.2, 0.25) is 0 Å². The third-order valence-corrected chi connectivity index (χ3v) is 2.56. The van der Waals surface area contributed by atoms with Gasteiger partial charge in [0.2, 0.25) is 0 Å². The second-order valence-electron chi connectivity index (χ2n) is 2.63. The Morgan fingerprint density at radius 3 is 2.38 bits per heavy atom. The molecule has 0 spiro atoms. The number of nitrogens with zero attached hydrogens (tertiary/aromatic N) is 1. The minimum Gasteiger partial charge on any atom is -0.260 e. The van der Waals surface area contributed by atoms with Crippen LogP contribution in [0.4, 0.5) is 19.0 Å². The Labute approximate surface area is 89.6 Å². The van der Waals surface area contributed by atoms with Gasteiger partial charge in [-0.3, -0.25) is 4.72 Å². The van der Waals surface area contributed by atoms with Gasteiger partial charge in [-0.15, -0.1) is 6.42 Å². The minimum absolute atomic E-state index is 0.329. The van der Waals surface area contributed by atoms with Crippen molar-refractivity contribution in [3.63, 3.8) is 0 Å². The van der Waals surface area contributed by atoms with E-state index in [4.69, 9.17) is 6.42 Å². The molecule has 0 unspecified atom stereocenters. The summed E-state index contributed by atoms with van der Waals surface area (Å²) in [5.41, 5.74) is -5.05. The van der Waals surface area contributed by atoms with Crippen LogP contribution in [0.25, 0.3) is 0 Å². The van der Waals surface area contributed by atoms with E-state index in [1.165, 1.54) is 10.8 Å². The molecule has 0 aliphatic rings. The smallest absolute Gasteiger partial charge is 0.260 e. The van der Waals surface area contributed by atoms with E-state index >= 15 is 0 Å². The van der Waals surface area contributed by atoms with Crippen molar-refractivity contribution >= 4 is 15.8 Å². The van der Waals surface area contributed by atoms with Gasteiger partial charge in [-0.25, -0.2) is 4.98 Å². The number of hydrogen-bond donors (Lipinski definition) is 1. The van der Waals surface area contributed by atoms with E-state index in [-0.39, 0.29) is 0 Å². The van der Waals surface area contributed by atoms with E-state index < -0.39 is 21.3 Å². The number of alkyl halides is 3. The molecule has 16 heavy (non-hydrogen) atoms. The Bertz CT molecular complexity index is 514. The van der Waals surface area contributed by atoms with E-state index in [9.17, 15) is 21.6 Å². The molecular formula is C8H5F3N2O2S. The van der Waals surface area contributed by atoms with Crippen LogP contribution < -0.4 is 4.72 Å². The van der Waals surface area contributed by atoms with Gasteiger partial charge < -0.3 is 0 Å². The maximum atomic E-state index is 12.0. The molecule has 0 radical (unpaired) electrons. The second kappa shape index (κ2) is 4.02. The van der Waals surface area contributed by atoms with Crippen molar-refractivity contribution in [1.29, 1.82) is 0 Å². The molecule has 0 fully saturated rings. The Hall–Kier alpha value is -1.75. The molecule has 0 atom stereocenters. The summed E-state index contributed by atoms with van der Waals surface area (Å²) in [4.78, 5) is 3.42. The first-order chi connectivity index (χ1) is 7.26. The molecular weight excluding hydrogens is 245 g/mol. The summed E-state index contributed by atoms with van der Waals surface area (Å²) < 4.78 is 58.5. The predicted molar refractivity (Wildman–Crippen MR) is 50.8 cm³/mol. The van der Waals surface area contributed by atoms with Crippen molar-refractivity contribution in [3.05, 3.63) is 23.9 Å². The van der Waals surface area contributed by atoms with Crippen LogP contribution in [0, 0.1) is 12.3 Å². The Kier molecular flexibility index (Phi) is 3.09. The molecule has 1 aromatic heterocycles. The topological polar surface area (TPSA) is 59.1 Å². The van der Waals surface area contributed by atoms with Crippen LogP contribution in [0.15, 0.2) is 18.3 Å². The third kappa shape index (κ3) is 2.64. The monoisotopic (exact) mass is 250 g/mol. The number of aromatic nitrogens is 1. The van der Waals surface area contributed by atoms with Gasteiger partial charge in [-0.05, 0) is 12.1 Å². The maximum Gasteiger partial charge on any atom is 0.516 e. The van der Waals surface area contributed by atoms with Gasteiger partial charge in [0.05, 0.1) is 0 Å². The molecule has 8 heteroatoms. The van der Waals surface area contributed by atoms with Crippen LogP contribution in [0.3, 0.4) is 0 Å². The fourth-order valence-electron chi connectivity index (χ4n) is 0.735. The normalized spacial score (nSPS) is 11.9. The molecule has 0 saturated carbocycles. The van der Waals surface area contributed by atoms with Crippen molar-refractivity contribution in [3.8, 4) is 12.3 Å². The first-order valence-electron chi connectivity index (χ1n) is 3.78. The van der Waals surface area contributed by atoms with Crippen molar-refractivity contribution in [1.82, 2.24) is 4.98 Å². The first kappa shape index (κ1) is 12.3. The number of rotatable bonds is 2. The lowest BCUT2D eigenvalue weighted by Crippen LogP contribution is -2.30. The average Bonchev–Trinajstić information content (AvgIpc) is 2.16. The lowest BCUT2D eigenvalue weighted by molar-refractivity contribution is -0.0429. The van der Waals surface area contributed by atoms with Gasteiger partial charge in [0, 0.05) is 11.8 Å². The second-order valence-corrected chi connectivity index (χ2v) is 4.30. The fourth-order valence-corrected chi connectivity index (χ4v) is 1.25. The molecule has 0 aliphatic heterocycles. The van der Waals surface area contributed by atoms with Crippen molar-refractivity contribution in [2.24, 2.45) is 0 Å². The highest BCUT2D eigenvalue weighted by Gasteiger charge is 2.46. The fraction of sp³-hybridized carbons (Fsp3) is 0.125. The molecule has 0 amide bonds. The summed E-state index contributed by atoms with van der Waals surface area (Å²) in [6.45, 7) is 0. The number of sulfonamides is 1. The highest BCUT2D eigenvalue weighted by atomic mass is 32.2. The van der Waals surface area contributed by atoms with E-state index in [0.29, 0.717) is 5.56 Å². The van der Waals surface area contributed by atoms with Gasteiger partial charge in [-0.1, -0.05) is 5.92 Å². The minimum atomic E-state index is -5.43. The van der Waals surface area contributed by atoms with E-state index in [1.807, 2.05) is 0 Å². The molecule has 1 heterocycles. The van der Waals surface area contributed by atoms with Gasteiger partial charge in [0.25, 0.3) is 0 Å². The SMILES string of the molecule is C#Cc1ccc(NS(=O)(=O)C(F)(F)F)nc1. The zero-order valence-electron chi connectivity index (χ0n) is 7.62. The van der Waals surface area contributed by atoms with Crippen LogP contribution in [-0.4, -0.2) is 18.9 Å². The summed E-state index contributed by atoms with van der Waals surface area (Å²) in [7, 11) is -5.43. The standard InChI is InChI=1S/C8H5F3N2O2S/c1-2-6-3-4-7(12-5-6)13-16(14,15)8(9,10)11/h1,3-5H,(H,12,13). The van der Waals surface area contributed by atoms with Gasteiger partial charge >= 0.3 is 15.5 Å². The molecule has 1 rings (SSSR count). The van der Waals surface area contributed by atoms with E-state index in [1.54, 1.807) is 0 Å². The Morgan fingerprint density at radius 1 is 1.38 bits per heavy atom. The molecule has 0 aromatic carbocycles. The third-order valence-electron chi connectivity index (χ3n) is 1.47. The van der Waals surface area contributed by atoms with Gasteiger partial charge in [0.1, 0.15) is 5.82 Å². The van der Waals surface area contributed by atoms with E-state index in [0.717, 1.165) is 12.3 Å². The lowest BCUT2D eigenvalue weighted by atomic mass is 10.3. The molecule has 86 valence electrons. The zero-order valence-corrected chi connectivity index (χ0v) is 8.43. The van der Waals surface area contributed by atoms with Crippen LogP contribution in [-0.2, 0) is 10.0 Å². The highest BCUT2D eigenvalue weighted by molar-refractivity contribution is 7.93. The van der Waals surface area contributed by atoms with E-state index in [2.05, 4.69) is 10.9 Å². The molecule has 0 saturated heterocycles. The largest absolute Gasteiger partial charge is 0.516 e. The highest BCUT2D eigenvalue weighted by Crippen LogP contribution is 2.24. The molecule has 1 aromatic rings. The maximum absolute atomic E-state index is 12.0. The first-order valence-corrected chi connectivity index (χ1v) is 5.26. The van der Waals surface area contributed by atoms with Gasteiger partial charge in [0.15, 0.2) is 0 Å². The number of halogens is 3. The van der Waals surface area contributed by atoms with Gasteiger partial charge in [-0.2, -0.15) is 21.6 Å². The number of terminal acetylenes is 1. The quantitative estimate of drug-likeness (QED) is 0.805. The number of anilines is 1. The Morgan fingerprint density at radius 2 is 2.00 bits per heavy atom. The van der Waals surface area contributed by atoms with Crippen LogP contribution in [0.1, 0.15) is 5.56 Å². The lowest BCUT2D eigenvalue weighted by Gasteiger charge is -2.09. The van der Waals surface area contributed by atoms with Crippen LogP contribution >= 0.6 is 0 Å². The average molecular weight is 250 g/mol. The molecule has 0 aliphatic carbocycles. The van der Waals surface area contributed by atoms with Crippen molar-refractivity contribution in [2.45, 2.75) is 5.51 Å². The number of pyridine rings is 1. The number of hydrogen-bond acceptors (Lipinski definition) is 3. The van der Waals surface area contributed by atoms with Crippen molar-refractivity contribution in [2.75, 3.05) is 4.72 Å². The van der Waals surface area contributed by atoms with Crippen LogP contribution in [0.5, 0.6) is 0 Å². The Balaban J connectivity index is 2.95. The predicted octanol–water partition coefficient (Wildman–Crippen LogP) is 1.32. The van der Waals surface area contributed by atoms with Crippen molar-refractivity contribution < 1.29 is 21.6 Å². The summed E-state index contributed by atoms with van der Waals surface area (Å²) >= 11 is 0. The number of nitrogens with one attached hydrogen (secondary N) is 1.